The van der Waals surface area contributed by atoms with E-state index >= 15 is 0 Å². The van der Waals surface area contributed by atoms with Crippen LogP contribution in [0.3, 0.4) is 0 Å². The Labute approximate surface area is 76.0 Å². The van der Waals surface area contributed by atoms with E-state index in [4.69, 9.17) is 5.11 Å². The molecule has 1 aromatic carbocycles. The Morgan fingerprint density at radius 1 is 1.23 bits per heavy atom. The van der Waals surface area contributed by atoms with Crippen molar-refractivity contribution in [3.8, 4) is 0 Å². The van der Waals surface area contributed by atoms with Crippen LogP contribution >= 0.6 is 0 Å². The lowest BCUT2D eigenvalue weighted by molar-refractivity contribution is 0.0696. The van der Waals surface area contributed by atoms with Crippen molar-refractivity contribution in [2.75, 3.05) is 0 Å². The van der Waals surface area contributed by atoms with E-state index in [0.29, 0.717) is 11.1 Å². The van der Waals surface area contributed by atoms with Crippen molar-refractivity contribution in [3.63, 3.8) is 0 Å². The monoisotopic (exact) mass is 178 g/mol. The maximum absolute atomic E-state index is 11.0. The van der Waals surface area contributed by atoms with Gasteiger partial charge in [0.2, 0.25) is 0 Å². The van der Waals surface area contributed by atoms with Crippen LogP contribution in [0.25, 0.3) is 0 Å². The van der Waals surface area contributed by atoms with Gasteiger partial charge in [-0.05, 0) is 25.5 Å². The van der Waals surface area contributed by atoms with Gasteiger partial charge >= 0.3 is 5.97 Å². The molecule has 0 aliphatic heterocycles. The number of carbonyl (C=O) groups is 2. The van der Waals surface area contributed by atoms with Crippen molar-refractivity contribution in [1.82, 2.24) is 0 Å². The second-order valence-corrected chi connectivity index (χ2v) is 2.84. The fourth-order valence-corrected chi connectivity index (χ4v) is 1.25. The zero-order chi connectivity index (χ0) is 10.0. The molecule has 0 aliphatic carbocycles. The molecule has 0 amide bonds. The highest BCUT2D eigenvalue weighted by Crippen LogP contribution is 2.14. The number of carbonyl (C=O) groups excluding carboxylic acids is 1. The summed E-state index contributed by atoms with van der Waals surface area (Å²) in [4.78, 5) is 21.7. The van der Waals surface area contributed by atoms with Crippen LogP contribution < -0.4 is 0 Å². The average Bonchev–Trinajstić information content (AvgIpc) is 2.03. The van der Waals surface area contributed by atoms with Crippen molar-refractivity contribution in [2.45, 2.75) is 13.8 Å². The highest BCUT2D eigenvalue weighted by atomic mass is 16.4. The minimum Gasteiger partial charge on any atom is -0.478 e. The lowest BCUT2D eigenvalue weighted by Gasteiger charge is -2.04. The molecule has 0 spiro atoms. The summed E-state index contributed by atoms with van der Waals surface area (Å²) in [5, 5.41) is 8.76. The van der Waals surface area contributed by atoms with Gasteiger partial charge in [0.15, 0.2) is 5.78 Å². The van der Waals surface area contributed by atoms with Crippen LogP contribution in [0.4, 0.5) is 0 Å². The van der Waals surface area contributed by atoms with E-state index in [1.165, 1.54) is 13.0 Å². The van der Waals surface area contributed by atoms with Gasteiger partial charge in [-0.1, -0.05) is 12.1 Å². The summed E-state index contributed by atoms with van der Waals surface area (Å²) in [5.41, 5.74) is 1.19. The van der Waals surface area contributed by atoms with Crippen LogP contribution in [0.1, 0.15) is 33.2 Å². The first-order chi connectivity index (χ1) is 6.04. The lowest BCUT2D eigenvalue weighted by atomic mass is 10.0. The first-order valence-corrected chi connectivity index (χ1v) is 3.88. The van der Waals surface area contributed by atoms with Gasteiger partial charge < -0.3 is 5.11 Å². The molecule has 1 aromatic rings. The van der Waals surface area contributed by atoms with Gasteiger partial charge in [-0.15, -0.1) is 0 Å². The fourth-order valence-electron chi connectivity index (χ4n) is 1.25. The number of hydrogen-bond acceptors (Lipinski definition) is 2. The molecule has 0 saturated carbocycles. The standard InChI is InChI=1S/C10H10O3/c1-6-8(7(2)11)4-3-5-9(6)10(12)13/h3-5H,1-2H3,(H,12,13). The van der Waals surface area contributed by atoms with Gasteiger partial charge in [-0.25, -0.2) is 4.79 Å². The number of benzene rings is 1. The van der Waals surface area contributed by atoms with Gasteiger partial charge in [0, 0.05) is 5.56 Å². The van der Waals surface area contributed by atoms with E-state index in [0.717, 1.165) is 0 Å². The van der Waals surface area contributed by atoms with Crippen molar-refractivity contribution in [3.05, 3.63) is 34.9 Å². The minimum absolute atomic E-state index is 0.111. The van der Waals surface area contributed by atoms with Crippen LogP contribution in [0.2, 0.25) is 0 Å². The number of rotatable bonds is 2. The molecule has 1 N–H and O–H groups in total. The number of carboxylic acids is 1. The Morgan fingerprint density at radius 2 is 1.77 bits per heavy atom. The minimum atomic E-state index is -0.999. The summed E-state index contributed by atoms with van der Waals surface area (Å²) in [6, 6.07) is 4.70. The van der Waals surface area contributed by atoms with E-state index in [9.17, 15) is 9.59 Å². The van der Waals surface area contributed by atoms with E-state index < -0.39 is 5.97 Å². The fraction of sp³-hybridized carbons (Fsp3) is 0.200. The third-order valence-corrected chi connectivity index (χ3v) is 1.94. The Morgan fingerprint density at radius 3 is 2.23 bits per heavy atom. The summed E-state index contributed by atoms with van der Waals surface area (Å²) in [5.74, 6) is -1.11. The van der Waals surface area contributed by atoms with E-state index in [1.807, 2.05) is 0 Å². The molecular formula is C10H10O3. The summed E-state index contributed by atoms with van der Waals surface area (Å²) in [6.45, 7) is 3.06. The SMILES string of the molecule is CC(=O)c1cccc(C(=O)O)c1C. The molecule has 0 fully saturated rings. The molecule has 3 heteroatoms. The van der Waals surface area contributed by atoms with Crippen LogP contribution in [-0.4, -0.2) is 16.9 Å². The van der Waals surface area contributed by atoms with E-state index in [-0.39, 0.29) is 11.3 Å². The smallest absolute Gasteiger partial charge is 0.335 e. The second kappa shape index (κ2) is 3.39. The Bertz CT molecular complexity index is 334. The predicted octanol–water partition coefficient (Wildman–Crippen LogP) is 1.90. The number of hydrogen-bond donors (Lipinski definition) is 1. The van der Waals surface area contributed by atoms with Crippen LogP contribution in [0, 0.1) is 6.92 Å². The molecule has 0 saturated heterocycles. The lowest BCUT2D eigenvalue weighted by Crippen LogP contribution is -2.04. The van der Waals surface area contributed by atoms with Crippen LogP contribution in [-0.2, 0) is 0 Å². The summed E-state index contributed by atoms with van der Waals surface area (Å²) < 4.78 is 0. The zero-order valence-corrected chi connectivity index (χ0v) is 7.50. The molecule has 0 aromatic heterocycles. The number of carboxylic acid groups (broad SMARTS) is 1. The molecule has 68 valence electrons. The number of aromatic carboxylic acids is 1. The molecular weight excluding hydrogens is 168 g/mol. The molecule has 0 bridgehead atoms. The van der Waals surface area contributed by atoms with Gasteiger partial charge in [-0.3, -0.25) is 4.79 Å². The number of Topliss-reactive ketones (excluding diaryl/α,β-unsaturated/α-hetero) is 1. The molecule has 0 radical (unpaired) electrons. The molecule has 3 nitrogen and oxygen atoms in total. The van der Waals surface area contributed by atoms with Gasteiger partial charge in [-0.2, -0.15) is 0 Å². The third kappa shape index (κ3) is 1.75. The van der Waals surface area contributed by atoms with Crippen molar-refractivity contribution in [1.29, 1.82) is 0 Å². The van der Waals surface area contributed by atoms with Gasteiger partial charge in [0.1, 0.15) is 0 Å². The third-order valence-electron chi connectivity index (χ3n) is 1.94. The average molecular weight is 178 g/mol. The Balaban J connectivity index is 3.35. The molecule has 0 unspecified atom stereocenters. The maximum Gasteiger partial charge on any atom is 0.335 e. The van der Waals surface area contributed by atoms with E-state index in [2.05, 4.69) is 0 Å². The van der Waals surface area contributed by atoms with Crippen molar-refractivity contribution < 1.29 is 14.7 Å². The predicted molar refractivity (Wildman–Crippen MR) is 48.1 cm³/mol. The zero-order valence-electron chi connectivity index (χ0n) is 7.50. The summed E-state index contributed by atoms with van der Waals surface area (Å²) in [7, 11) is 0. The summed E-state index contributed by atoms with van der Waals surface area (Å²) >= 11 is 0. The highest BCUT2D eigenvalue weighted by molar-refractivity contribution is 5.99. The first-order valence-electron chi connectivity index (χ1n) is 3.88. The number of ketones is 1. The Kier molecular flexibility index (Phi) is 2.46. The van der Waals surface area contributed by atoms with Crippen LogP contribution in [0.15, 0.2) is 18.2 Å². The van der Waals surface area contributed by atoms with Crippen molar-refractivity contribution in [2.24, 2.45) is 0 Å². The largest absolute Gasteiger partial charge is 0.478 e. The molecule has 0 heterocycles. The Hall–Kier alpha value is -1.64. The first kappa shape index (κ1) is 9.45. The second-order valence-electron chi connectivity index (χ2n) is 2.84. The van der Waals surface area contributed by atoms with Gasteiger partial charge in [0.05, 0.1) is 5.56 Å². The normalized spacial score (nSPS) is 9.69. The topological polar surface area (TPSA) is 54.4 Å². The maximum atomic E-state index is 11.0. The molecule has 1 rings (SSSR count). The van der Waals surface area contributed by atoms with Crippen LogP contribution in [0.5, 0.6) is 0 Å². The highest BCUT2D eigenvalue weighted by Gasteiger charge is 2.11. The summed E-state index contributed by atoms with van der Waals surface area (Å²) in [6.07, 6.45) is 0. The van der Waals surface area contributed by atoms with Gasteiger partial charge in [0.25, 0.3) is 0 Å². The molecule has 13 heavy (non-hydrogen) atoms. The van der Waals surface area contributed by atoms with E-state index in [1.54, 1.807) is 19.1 Å². The quantitative estimate of drug-likeness (QED) is 0.703. The molecule has 0 atom stereocenters. The van der Waals surface area contributed by atoms with Crippen molar-refractivity contribution >= 4 is 11.8 Å². The molecule has 0 aliphatic rings.